The van der Waals surface area contributed by atoms with Gasteiger partial charge >= 0.3 is 0 Å². The molecule has 0 spiro atoms. The number of nitrogens with zero attached hydrogens (tertiary/aromatic N) is 2. The van der Waals surface area contributed by atoms with Crippen LogP contribution in [0, 0.1) is 10.1 Å². The SMILES string of the molecule is O=[N+]([O-])c1ccc(Br)c(-c2nc3cc(Cl)ccc3s2)c1. The highest BCUT2D eigenvalue weighted by atomic mass is 79.9. The number of hydrogen-bond donors (Lipinski definition) is 0. The van der Waals surface area contributed by atoms with Crippen molar-refractivity contribution < 1.29 is 4.92 Å². The summed E-state index contributed by atoms with van der Waals surface area (Å²) in [6.45, 7) is 0. The van der Waals surface area contributed by atoms with E-state index in [9.17, 15) is 10.1 Å². The Kier molecular flexibility index (Phi) is 3.45. The first-order valence-electron chi connectivity index (χ1n) is 5.55. The van der Waals surface area contributed by atoms with Crippen LogP contribution in [0.4, 0.5) is 5.69 Å². The third-order valence-electron chi connectivity index (χ3n) is 2.74. The van der Waals surface area contributed by atoms with Crippen molar-refractivity contribution in [2.45, 2.75) is 0 Å². The number of rotatable bonds is 2. The second kappa shape index (κ2) is 5.12. The molecule has 4 nitrogen and oxygen atoms in total. The van der Waals surface area contributed by atoms with E-state index in [0.29, 0.717) is 10.6 Å². The number of thiazole rings is 1. The third-order valence-corrected chi connectivity index (χ3v) is 4.74. The molecule has 20 heavy (non-hydrogen) atoms. The van der Waals surface area contributed by atoms with Gasteiger partial charge < -0.3 is 0 Å². The first-order chi connectivity index (χ1) is 9.54. The highest BCUT2D eigenvalue weighted by Gasteiger charge is 2.14. The molecule has 0 fully saturated rings. The van der Waals surface area contributed by atoms with E-state index in [1.165, 1.54) is 23.5 Å². The zero-order chi connectivity index (χ0) is 14.3. The first-order valence-corrected chi connectivity index (χ1v) is 7.54. The molecule has 0 bridgehead atoms. The zero-order valence-corrected chi connectivity index (χ0v) is 13.0. The Hall–Kier alpha value is -1.50. The third kappa shape index (κ3) is 2.42. The molecule has 0 saturated heterocycles. The fourth-order valence-electron chi connectivity index (χ4n) is 1.81. The number of nitro groups is 1. The standard InChI is InChI=1S/C13H6BrClN2O2S/c14-10-3-2-8(17(18)19)6-9(10)13-16-11-5-7(15)1-4-12(11)20-13/h1-6H. The van der Waals surface area contributed by atoms with Gasteiger partial charge in [-0.05, 0) is 24.3 Å². The van der Waals surface area contributed by atoms with Crippen LogP contribution in [-0.4, -0.2) is 9.91 Å². The summed E-state index contributed by atoms with van der Waals surface area (Å²) in [5.74, 6) is 0. The van der Waals surface area contributed by atoms with Crippen LogP contribution in [0.15, 0.2) is 40.9 Å². The minimum atomic E-state index is -0.417. The number of non-ortho nitro benzene ring substituents is 1. The molecule has 0 atom stereocenters. The van der Waals surface area contributed by atoms with Crippen molar-refractivity contribution in [3.63, 3.8) is 0 Å². The van der Waals surface area contributed by atoms with Crippen LogP contribution < -0.4 is 0 Å². The molecule has 0 aliphatic heterocycles. The van der Waals surface area contributed by atoms with E-state index in [1.54, 1.807) is 18.2 Å². The minimum absolute atomic E-state index is 0.0421. The summed E-state index contributed by atoms with van der Waals surface area (Å²) >= 11 is 10.8. The van der Waals surface area contributed by atoms with E-state index < -0.39 is 4.92 Å². The number of aromatic nitrogens is 1. The van der Waals surface area contributed by atoms with Crippen LogP contribution in [0.1, 0.15) is 0 Å². The average molecular weight is 370 g/mol. The van der Waals surface area contributed by atoms with E-state index in [0.717, 1.165) is 19.7 Å². The van der Waals surface area contributed by atoms with Gasteiger partial charge in [0.15, 0.2) is 0 Å². The quantitative estimate of drug-likeness (QED) is 0.455. The monoisotopic (exact) mass is 368 g/mol. The molecular formula is C13H6BrClN2O2S. The van der Waals surface area contributed by atoms with Gasteiger partial charge in [-0.1, -0.05) is 27.5 Å². The number of benzene rings is 2. The predicted octanol–water partition coefficient (Wildman–Crippen LogP) is 5.29. The Morgan fingerprint density at radius 2 is 2.05 bits per heavy atom. The molecule has 1 aromatic heterocycles. The number of fused-ring (bicyclic) bond motifs is 1. The van der Waals surface area contributed by atoms with E-state index in [1.807, 2.05) is 6.07 Å². The van der Waals surface area contributed by atoms with Gasteiger partial charge in [0, 0.05) is 27.2 Å². The lowest BCUT2D eigenvalue weighted by molar-refractivity contribution is -0.384. The summed E-state index contributed by atoms with van der Waals surface area (Å²) in [6, 6.07) is 10.1. The van der Waals surface area contributed by atoms with Crippen LogP contribution >= 0.6 is 38.9 Å². The lowest BCUT2D eigenvalue weighted by Crippen LogP contribution is -1.88. The van der Waals surface area contributed by atoms with Gasteiger partial charge in [-0.3, -0.25) is 10.1 Å². The summed E-state index contributed by atoms with van der Waals surface area (Å²) in [6.07, 6.45) is 0. The summed E-state index contributed by atoms with van der Waals surface area (Å²) in [5, 5.41) is 12.2. The van der Waals surface area contributed by atoms with Crippen molar-refractivity contribution in [1.29, 1.82) is 0 Å². The molecule has 0 saturated carbocycles. The van der Waals surface area contributed by atoms with Gasteiger partial charge in [-0.25, -0.2) is 4.98 Å². The molecule has 0 N–H and O–H groups in total. The topological polar surface area (TPSA) is 56.0 Å². The normalized spacial score (nSPS) is 10.9. The van der Waals surface area contributed by atoms with Gasteiger partial charge in [0.25, 0.3) is 5.69 Å². The Bertz CT molecular complexity index is 834. The van der Waals surface area contributed by atoms with E-state index in [4.69, 9.17) is 11.6 Å². The molecule has 100 valence electrons. The van der Waals surface area contributed by atoms with Crippen molar-refractivity contribution in [1.82, 2.24) is 4.98 Å². The van der Waals surface area contributed by atoms with Crippen LogP contribution in [0.2, 0.25) is 5.02 Å². The average Bonchev–Trinajstić information content (AvgIpc) is 2.81. The van der Waals surface area contributed by atoms with Gasteiger partial charge in [0.2, 0.25) is 0 Å². The van der Waals surface area contributed by atoms with Crippen LogP contribution in [0.3, 0.4) is 0 Å². The summed E-state index contributed by atoms with van der Waals surface area (Å²) in [4.78, 5) is 14.9. The van der Waals surface area contributed by atoms with Crippen LogP contribution in [-0.2, 0) is 0 Å². The fourth-order valence-corrected chi connectivity index (χ4v) is 3.51. The van der Waals surface area contributed by atoms with Crippen molar-refractivity contribution in [3.8, 4) is 10.6 Å². The van der Waals surface area contributed by atoms with Crippen molar-refractivity contribution >= 4 is 54.8 Å². The van der Waals surface area contributed by atoms with Gasteiger partial charge in [0.1, 0.15) is 5.01 Å². The smallest absolute Gasteiger partial charge is 0.258 e. The Labute approximate surface area is 131 Å². The molecule has 1 heterocycles. The summed E-state index contributed by atoms with van der Waals surface area (Å²) in [7, 11) is 0. The maximum atomic E-state index is 10.9. The second-order valence-electron chi connectivity index (χ2n) is 4.05. The zero-order valence-electron chi connectivity index (χ0n) is 9.84. The van der Waals surface area contributed by atoms with E-state index in [-0.39, 0.29) is 5.69 Å². The number of halogens is 2. The van der Waals surface area contributed by atoms with Gasteiger partial charge in [-0.2, -0.15) is 0 Å². The lowest BCUT2D eigenvalue weighted by atomic mass is 10.2. The highest BCUT2D eigenvalue weighted by molar-refractivity contribution is 9.10. The first kappa shape index (κ1) is 13.5. The summed E-state index contributed by atoms with van der Waals surface area (Å²) < 4.78 is 1.76. The molecule has 0 unspecified atom stereocenters. The van der Waals surface area contributed by atoms with Crippen molar-refractivity contribution in [2.75, 3.05) is 0 Å². The molecule has 7 heteroatoms. The van der Waals surface area contributed by atoms with Gasteiger partial charge in [-0.15, -0.1) is 11.3 Å². The molecule has 2 aromatic carbocycles. The maximum Gasteiger partial charge on any atom is 0.270 e. The van der Waals surface area contributed by atoms with Crippen LogP contribution in [0.5, 0.6) is 0 Å². The molecule has 0 aliphatic carbocycles. The van der Waals surface area contributed by atoms with Gasteiger partial charge in [0.05, 0.1) is 15.1 Å². The molecule has 0 amide bonds. The lowest BCUT2D eigenvalue weighted by Gasteiger charge is -2.00. The molecule has 3 rings (SSSR count). The summed E-state index contributed by atoms with van der Waals surface area (Å²) in [5.41, 5.74) is 1.54. The highest BCUT2D eigenvalue weighted by Crippen LogP contribution is 2.37. The maximum absolute atomic E-state index is 10.9. The number of hydrogen-bond acceptors (Lipinski definition) is 4. The van der Waals surface area contributed by atoms with Crippen LogP contribution in [0.25, 0.3) is 20.8 Å². The van der Waals surface area contributed by atoms with E-state index >= 15 is 0 Å². The Balaban J connectivity index is 2.19. The van der Waals surface area contributed by atoms with Crippen molar-refractivity contribution in [3.05, 3.63) is 56.0 Å². The van der Waals surface area contributed by atoms with E-state index in [2.05, 4.69) is 20.9 Å². The second-order valence-corrected chi connectivity index (χ2v) is 6.37. The molecule has 0 radical (unpaired) electrons. The largest absolute Gasteiger partial charge is 0.270 e. The molecular weight excluding hydrogens is 364 g/mol. The fraction of sp³-hybridized carbons (Fsp3) is 0. The minimum Gasteiger partial charge on any atom is -0.258 e. The predicted molar refractivity (Wildman–Crippen MR) is 84.4 cm³/mol. The Morgan fingerprint density at radius 3 is 2.80 bits per heavy atom. The van der Waals surface area contributed by atoms with Crippen molar-refractivity contribution in [2.24, 2.45) is 0 Å². The molecule has 0 aliphatic rings. The Morgan fingerprint density at radius 1 is 1.25 bits per heavy atom. The number of nitro benzene ring substituents is 1. The molecule has 3 aromatic rings.